The third kappa shape index (κ3) is 5.27. The van der Waals surface area contributed by atoms with Crippen LogP contribution in [0.5, 0.6) is 0 Å². The van der Waals surface area contributed by atoms with Gasteiger partial charge in [0.1, 0.15) is 0 Å². The van der Waals surface area contributed by atoms with E-state index in [1.807, 2.05) is 12.1 Å². The molecule has 0 radical (unpaired) electrons. The Kier molecular flexibility index (Phi) is 7.23. The lowest BCUT2D eigenvalue weighted by molar-refractivity contribution is 0.519. The molecule has 0 aliphatic heterocycles. The van der Waals surface area contributed by atoms with Crippen LogP contribution in [0, 0.1) is 0 Å². The lowest BCUT2D eigenvalue weighted by atomic mass is 10.0. The summed E-state index contributed by atoms with van der Waals surface area (Å²) in [5.74, 6) is 0.734. The molecule has 102 valence electrons. The van der Waals surface area contributed by atoms with Gasteiger partial charge in [-0.05, 0) is 37.1 Å². The van der Waals surface area contributed by atoms with Gasteiger partial charge < -0.3 is 5.32 Å². The highest BCUT2D eigenvalue weighted by atomic mass is 35.5. The molecule has 1 aromatic rings. The number of nitrogens with one attached hydrogen (secondary N) is 1. The molecule has 0 aliphatic carbocycles. The Balaban J connectivity index is 2.57. The third-order valence-electron chi connectivity index (χ3n) is 2.75. The van der Waals surface area contributed by atoms with Crippen molar-refractivity contribution in [1.82, 2.24) is 5.32 Å². The number of halogens is 2. The minimum Gasteiger partial charge on any atom is -0.310 e. The SMILES string of the molecule is CCC(NCCCS(C)=O)c1ccc(Cl)cc1Cl. The van der Waals surface area contributed by atoms with E-state index in [0.29, 0.717) is 10.0 Å². The molecule has 18 heavy (non-hydrogen) atoms. The highest BCUT2D eigenvalue weighted by Crippen LogP contribution is 2.27. The zero-order chi connectivity index (χ0) is 13.5. The van der Waals surface area contributed by atoms with Crippen LogP contribution in [-0.2, 0) is 10.8 Å². The molecular formula is C13H19Cl2NOS. The van der Waals surface area contributed by atoms with Gasteiger partial charge in [0, 0.05) is 38.9 Å². The van der Waals surface area contributed by atoms with Gasteiger partial charge in [0.2, 0.25) is 0 Å². The highest BCUT2D eigenvalue weighted by molar-refractivity contribution is 7.84. The molecule has 0 heterocycles. The smallest absolute Gasteiger partial charge is 0.0468 e. The van der Waals surface area contributed by atoms with Crippen molar-refractivity contribution >= 4 is 34.0 Å². The number of benzene rings is 1. The zero-order valence-electron chi connectivity index (χ0n) is 10.7. The Bertz CT molecular complexity index is 412. The molecule has 5 heteroatoms. The van der Waals surface area contributed by atoms with E-state index in [9.17, 15) is 4.21 Å². The summed E-state index contributed by atoms with van der Waals surface area (Å²) in [5.41, 5.74) is 1.07. The summed E-state index contributed by atoms with van der Waals surface area (Å²) in [4.78, 5) is 0. The first-order chi connectivity index (χ1) is 8.54. The van der Waals surface area contributed by atoms with Crippen LogP contribution in [0.25, 0.3) is 0 Å². The quantitative estimate of drug-likeness (QED) is 0.776. The van der Waals surface area contributed by atoms with Crippen LogP contribution in [0.1, 0.15) is 31.4 Å². The summed E-state index contributed by atoms with van der Waals surface area (Å²) in [6, 6.07) is 5.81. The lowest BCUT2D eigenvalue weighted by Crippen LogP contribution is -2.23. The fourth-order valence-electron chi connectivity index (χ4n) is 1.81. The summed E-state index contributed by atoms with van der Waals surface area (Å²) >= 11 is 12.1. The number of hydrogen-bond donors (Lipinski definition) is 1. The summed E-state index contributed by atoms with van der Waals surface area (Å²) in [6.45, 7) is 2.96. The molecule has 0 bridgehead atoms. The van der Waals surface area contributed by atoms with Gasteiger partial charge in [-0.15, -0.1) is 0 Å². The first-order valence-electron chi connectivity index (χ1n) is 6.03. The molecule has 1 aromatic carbocycles. The van der Waals surface area contributed by atoms with Crippen LogP contribution in [-0.4, -0.2) is 22.8 Å². The first kappa shape index (κ1) is 16.0. The van der Waals surface area contributed by atoms with Crippen LogP contribution < -0.4 is 5.32 Å². The Morgan fingerprint density at radius 1 is 1.39 bits per heavy atom. The van der Waals surface area contributed by atoms with Gasteiger partial charge in [0.25, 0.3) is 0 Å². The van der Waals surface area contributed by atoms with Crippen molar-refractivity contribution in [2.45, 2.75) is 25.8 Å². The van der Waals surface area contributed by atoms with Gasteiger partial charge in [-0.2, -0.15) is 0 Å². The zero-order valence-corrected chi connectivity index (χ0v) is 13.0. The second-order valence-corrected chi connectivity index (χ2v) is 6.61. The largest absolute Gasteiger partial charge is 0.310 e. The Labute approximate surface area is 122 Å². The van der Waals surface area contributed by atoms with Crippen molar-refractivity contribution in [3.63, 3.8) is 0 Å². The maximum atomic E-state index is 11.0. The van der Waals surface area contributed by atoms with Gasteiger partial charge in [0.05, 0.1) is 0 Å². The van der Waals surface area contributed by atoms with E-state index in [1.54, 1.807) is 12.3 Å². The van der Waals surface area contributed by atoms with Crippen LogP contribution in [0.15, 0.2) is 18.2 Å². The Morgan fingerprint density at radius 2 is 2.11 bits per heavy atom. The van der Waals surface area contributed by atoms with Gasteiger partial charge in [-0.25, -0.2) is 0 Å². The minimum absolute atomic E-state index is 0.222. The molecule has 1 rings (SSSR count). The maximum Gasteiger partial charge on any atom is 0.0468 e. The van der Waals surface area contributed by atoms with E-state index in [2.05, 4.69) is 12.2 Å². The van der Waals surface area contributed by atoms with Crippen molar-refractivity contribution in [2.24, 2.45) is 0 Å². The number of hydrogen-bond acceptors (Lipinski definition) is 2. The average molecular weight is 308 g/mol. The third-order valence-corrected chi connectivity index (χ3v) is 4.17. The van der Waals surface area contributed by atoms with Crippen molar-refractivity contribution in [2.75, 3.05) is 18.6 Å². The predicted molar refractivity (Wildman–Crippen MR) is 81.0 cm³/mol. The molecule has 2 unspecified atom stereocenters. The molecule has 0 amide bonds. The second kappa shape index (κ2) is 8.16. The molecular weight excluding hydrogens is 289 g/mol. The highest BCUT2D eigenvalue weighted by Gasteiger charge is 2.12. The molecule has 0 aromatic heterocycles. The van der Waals surface area contributed by atoms with E-state index in [4.69, 9.17) is 23.2 Å². The predicted octanol–water partition coefficient (Wildman–Crippen LogP) is 3.80. The van der Waals surface area contributed by atoms with Gasteiger partial charge in [-0.3, -0.25) is 4.21 Å². The normalized spacial score (nSPS) is 14.4. The van der Waals surface area contributed by atoms with E-state index < -0.39 is 10.8 Å². The van der Waals surface area contributed by atoms with Crippen LogP contribution in [0.2, 0.25) is 10.0 Å². The molecule has 0 saturated carbocycles. The van der Waals surface area contributed by atoms with Gasteiger partial charge in [-0.1, -0.05) is 36.2 Å². The van der Waals surface area contributed by atoms with Crippen LogP contribution in [0.3, 0.4) is 0 Å². The van der Waals surface area contributed by atoms with E-state index in [0.717, 1.165) is 30.7 Å². The van der Waals surface area contributed by atoms with E-state index in [1.165, 1.54) is 0 Å². The first-order valence-corrected chi connectivity index (χ1v) is 8.51. The summed E-state index contributed by atoms with van der Waals surface area (Å²) in [5, 5.41) is 4.79. The van der Waals surface area contributed by atoms with Crippen LogP contribution >= 0.6 is 23.2 Å². The molecule has 0 saturated heterocycles. The minimum atomic E-state index is -0.718. The van der Waals surface area contributed by atoms with Crippen LogP contribution in [0.4, 0.5) is 0 Å². The van der Waals surface area contributed by atoms with Crippen molar-refractivity contribution in [3.05, 3.63) is 33.8 Å². The Morgan fingerprint density at radius 3 is 2.67 bits per heavy atom. The van der Waals surface area contributed by atoms with Gasteiger partial charge in [0.15, 0.2) is 0 Å². The molecule has 0 fully saturated rings. The molecule has 2 nitrogen and oxygen atoms in total. The number of rotatable bonds is 7. The van der Waals surface area contributed by atoms with Crippen molar-refractivity contribution in [1.29, 1.82) is 0 Å². The lowest BCUT2D eigenvalue weighted by Gasteiger charge is -2.18. The molecule has 1 N–H and O–H groups in total. The van der Waals surface area contributed by atoms with E-state index >= 15 is 0 Å². The molecule has 0 spiro atoms. The maximum absolute atomic E-state index is 11.0. The summed E-state index contributed by atoms with van der Waals surface area (Å²) < 4.78 is 11.0. The Hall–Kier alpha value is -0.0900. The fourth-order valence-corrected chi connectivity index (χ4v) is 2.90. The monoisotopic (exact) mass is 307 g/mol. The topological polar surface area (TPSA) is 29.1 Å². The fraction of sp³-hybridized carbons (Fsp3) is 0.538. The van der Waals surface area contributed by atoms with Crippen molar-refractivity contribution in [3.8, 4) is 0 Å². The average Bonchev–Trinajstić information content (AvgIpc) is 2.30. The standard InChI is InChI=1S/C13H19Cl2NOS/c1-3-13(16-7-4-8-18(2)17)11-6-5-10(14)9-12(11)15/h5-6,9,13,16H,3-4,7-8H2,1-2H3. The molecule has 0 aliphatic rings. The summed E-state index contributed by atoms with van der Waals surface area (Å²) in [7, 11) is -0.718. The molecule has 2 atom stereocenters. The van der Waals surface area contributed by atoms with Gasteiger partial charge >= 0.3 is 0 Å². The second-order valence-electron chi connectivity index (χ2n) is 4.21. The van der Waals surface area contributed by atoms with Crippen molar-refractivity contribution < 1.29 is 4.21 Å². The van der Waals surface area contributed by atoms with E-state index in [-0.39, 0.29) is 6.04 Å². The summed E-state index contributed by atoms with van der Waals surface area (Å²) in [6.07, 6.45) is 3.59.